The van der Waals surface area contributed by atoms with Gasteiger partial charge in [-0.25, -0.2) is 4.98 Å². The zero-order valence-electron chi connectivity index (χ0n) is 16.3. The Morgan fingerprint density at radius 1 is 1.14 bits per heavy atom. The van der Waals surface area contributed by atoms with Gasteiger partial charge in [-0.1, -0.05) is 48.9 Å². The van der Waals surface area contributed by atoms with Crippen LogP contribution in [0.15, 0.2) is 42.5 Å². The molecule has 148 valence electrons. The number of rotatable bonds is 8. The van der Waals surface area contributed by atoms with Crippen molar-refractivity contribution in [2.75, 3.05) is 38.2 Å². The molecule has 2 aromatic carbocycles. The van der Waals surface area contributed by atoms with Crippen molar-refractivity contribution in [3.05, 3.63) is 53.1 Å². The molecule has 1 aromatic heterocycles. The van der Waals surface area contributed by atoms with Crippen molar-refractivity contribution in [1.29, 1.82) is 0 Å². The number of carbonyl (C=O) groups is 1. The molecule has 3 rings (SSSR count). The summed E-state index contributed by atoms with van der Waals surface area (Å²) in [5.41, 5.74) is 1.37. The van der Waals surface area contributed by atoms with Crippen molar-refractivity contribution in [3.8, 4) is 5.75 Å². The van der Waals surface area contributed by atoms with E-state index >= 15 is 0 Å². The highest BCUT2D eigenvalue weighted by Crippen LogP contribution is 2.32. The number of para-hydroxylation sites is 1. The predicted octanol–water partition coefficient (Wildman–Crippen LogP) is 4.95. The molecule has 0 aliphatic rings. The lowest BCUT2D eigenvalue weighted by Crippen LogP contribution is -2.39. The molecule has 1 heterocycles. The minimum atomic E-state index is -0.116. The van der Waals surface area contributed by atoms with Crippen molar-refractivity contribution < 1.29 is 9.53 Å². The minimum absolute atomic E-state index is 0.116. The number of ether oxygens (including phenoxy) is 1. The molecule has 0 unspecified atom stereocenters. The fourth-order valence-electron chi connectivity index (χ4n) is 3.03. The van der Waals surface area contributed by atoms with Gasteiger partial charge in [0.2, 0.25) is 0 Å². The maximum atomic E-state index is 13.4. The second-order valence-corrected chi connectivity index (χ2v) is 7.74. The van der Waals surface area contributed by atoms with Gasteiger partial charge < -0.3 is 9.64 Å². The number of aromatic nitrogens is 1. The molecule has 0 spiro atoms. The van der Waals surface area contributed by atoms with Crippen LogP contribution in [0.4, 0.5) is 5.13 Å². The molecule has 5 nitrogen and oxygen atoms in total. The summed E-state index contributed by atoms with van der Waals surface area (Å²) in [6.45, 7) is 7.42. The summed E-state index contributed by atoms with van der Waals surface area (Å²) in [6.07, 6.45) is 0. The zero-order chi connectivity index (χ0) is 20.1. The van der Waals surface area contributed by atoms with Crippen molar-refractivity contribution in [3.63, 3.8) is 0 Å². The Hall–Kier alpha value is -2.15. The number of hydrogen-bond acceptors (Lipinski definition) is 5. The van der Waals surface area contributed by atoms with Crippen molar-refractivity contribution >= 4 is 44.2 Å². The largest absolute Gasteiger partial charge is 0.496 e. The Morgan fingerprint density at radius 3 is 2.61 bits per heavy atom. The fraction of sp³-hybridized carbons (Fsp3) is 0.333. The van der Waals surface area contributed by atoms with Crippen molar-refractivity contribution in [1.82, 2.24) is 9.88 Å². The van der Waals surface area contributed by atoms with E-state index in [9.17, 15) is 4.79 Å². The standard InChI is InChI=1S/C21H24ClN3O2S/c1-4-24(5-2)12-13-25(20(26)16-8-6-7-9-18(16)27-3)21-23-17-11-10-15(22)14-19(17)28-21/h6-11,14H,4-5,12-13H2,1-3H3. The SMILES string of the molecule is CCN(CC)CCN(C(=O)c1ccccc1OC)c1nc2ccc(Cl)cc2s1. The van der Waals surface area contributed by atoms with E-state index in [1.54, 1.807) is 24.1 Å². The number of benzene rings is 2. The van der Waals surface area contributed by atoms with Gasteiger partial charge in [0.1, 0.15) is 5.75 Å². The van der Waals surface area contributed by atoms with Crippen LogP contribution in [0.2, 0.25) is 5.02 Å². The Labute approximate surface area is 174 Å². The summed E-state index contributed by atoms with van der Waals surface area (Å²) >= 11 is 7.59. The number of fused-ring (bicyclic) bond motifs is 1. The van der Waals surface area contributed by atoms with Crippen molar-refractivity contribution in [2.24, 2.45) is 0 Å². The van der Waals surface area contributed by atoms with E-state index < -0.39 is 0 Å². The number of hydrogen-bond donors (Lipinski definition) is 0. The van der Waals surface area contributed by atoms with Crippen LogP contribution in [0.1, 0.15) is 24.2 Å². The average Bonchev–Trinajstić information content (AvgIpc) is 3.13. The van der Waals surface area contributed by atoms with E-state index in [1.807, 2.05) is 30.3 Å². The van der Waals surface area contributed by atoms with Crippen molar-refractivity contribution in [2.45, 2.75) is 13.8 Å². The lowest BCUT2D eigenvalue weighted by atomic mass is 10.1. The minimum Gasteiger partial charge on any atom is -0.496 e. The molecule has 1 amide bonds. The number of likely N-dealkylation sites (N-methyl/N-ethyl adjacent to an activating group) is 1. The average molecular weight is 418 g/mol. The normalized spacial score (nSPS) is 11.2. The van der Waals surface area contributed by atoms with Gasteiger partial charge in [-0.3, -0.25) is 9.69 Å². The van der Waals surface area contributed by atoms with Gasteiger partial charge in [0.05, 0.1) is 22.9 Å². The van der Waals surface area contributed by atoms with E-state index in [0.29, 0.717) is 28.0 Å². The Morgan fingerprint density at radius 2 is 1.89 bits per heavy atom. The molecular formula is C21H24ClN3O2S. The number of amides is 1. The van der Waals surface area contributed by atoms with E-state index in [0.717, 1.165) is 29.9 Å². The monoisotopic (exact) mass is 417 g/mol. The Bertz CT molecular complexity index is 956. The van der Waals surface area contributed by atoms with Gasteiger partial charge in [0.15, 0.2) is 5.13 Å². The molecule has 0 saturated heterocycles. The number of nitrogens with zero attached hydrogens (tertiary/aromatic N) is 3. The molecule has 0 N–H and O–H groups in total. The zero-order valence-corrected chi connectivity index (χ0v) is 17.9. The summed E-state index contributed by atoms with van der Waals surface area (Å²) in [5, 5.41) is 1.33. The van der Waals surface area contributed by atoms with Crippen LogP contribution in [-0.4, -0.2) is 49.1 Å². The smallest absolute Gasteiger partial charge is 0.263 e. The molecule has 3 aromatic rings. The number of carbonyl (C=O) groups excluding carboxylic acids is 1. The molecule has 0 bridgehead atoms. The fourth-order valence-corrected chi connectivity index (χ4v) is 4.30. The molecule has 0 radical (unpaired) electrons. The second-order valence-electron chi connectivity index (χ2n) is 6.29. The van der Waals surface area contributed by atoms with Crippen LogP contribution in [0.25, 0.3) is 10.2 Å². The van der Waals surface area contributed by atoms with Gasteiger partial charge in [-0.05, 0) is 43.4 Å². The van der Waals surface area contributed by atoms with E-state index in [2.05, 4.69) is 18.7 Å². The molecule has 28 heavy (non-hydrogen) atoms. The summed E-state index contributed by atoms with van der Waals surface area (Å²) in [6, 6.07) is 12.9. The van der Waals surface area contributed by atoms with Crippen LogP contribution in [0.3, 0.4) is 0 Å². The van der Waals surface area contributed by atoms with Gasteiger partial charge in [-0.15, -0.1) is 0 Å². The van der Waals surface area contributed by atoms with Crippen LogP contribution in [-0.2, 0) is 0 Å². The van der Waals surface area contributed by atoms with Gasteiger partial charge >= 0.3 is 0 Å². The molecule has 7 heteroatoms. The van der Waals surface area contributed by atoms with Gasteiger partial charge in [0, 0.05) is 18.1 Å². The quantitative estimate of drug-likeness (QED) is 0.520. The highest BCUT2D eigenvalue weighted by molar-refractivity contribution is 7.22. The molecular weight excluding hydrogens is 394 g/mol. The van der Waals surface area contributed by atoms with Gasteiger partial charge in [-0.2, -0.15) is 0 Å². The Kier molecular flexibility index (Phi) is 6.88. The third-order valence-corrected chi connectivity index (χ3v) is 5.96. The summed E-state index contributed by atoms with van der Waals surface area (Å²) < 4.78 is 6.36. The third kappa shape index (κ3) is 4.46. The molecule has 0 atom stereocenters. The van der Waals surface area contributed by atoms with E-state index in [1.165, 1.54) is 11.3 Å². The second kappa shape index (κ2) is 9.37. The summed E-state index contributed by atoms with van der Waals surface area (Å²) in [7, 11) is 1.58. The highest BCUT2D eigenvalue weighted by Gasteiger charge is 2.24. The number of halogens is 1. The van der Waals surface area contributed by atoms with E-state index in [4.69, 9.17) is 21.3 Å². The Balaban J connectivity index is 1.99. The lowest BCUT2D eigenvalue weighted by Gasteiger charge is -2.25. The predicted molar refractivity (Wildman–Crippen MR) is 117 cm³/mol. The lowest BCUT2D eigenvalue weighted by molar-refractivity contribution is 0.0981. The first kappa shape index (κ1) is 20.6. The molecule has 0 aliphatic carbocycles. The van der Waals surface area contributed by atoms with Crippen LogP contribution < -0.4 is 9.64 Å². The van der Waals surface area contributed by atoms with Crippen LogP contribution in [0.5, 0.6) is 5.75 Å². The summed E-state index contributed by atoms with van der Waals surface area (Å²) in [5.74, 6) is 0.444. The highest BCUT2D eigenvalue weighted by atomic mass is 35.5. The van der Waals surface area contributed by atoms with Crippen LogP contribution >= 0.6 is 22.9 Å². The number of methoxy groups -OCH3 is 1. The summed E-state index contributed by atoms with van der Waals surface area (Å²) in [4.78, 5) is 22.1. The van der Waals surface area contributed by atoms with Gasteiger partial charge in [0.25, 0.3) is 5.91 Å². The topological polar surface area (TPSA) is 45.7 Å². The maximum Gasteiger partial charge on any atom is 0.263 e. The maximum absolute atomic E-state index is 13.4. The molecule has 0 saturated carbocycles. The first-order valence-corrected chi connectivity index (χ1v) is 10.5. The number of anilines is 1. The van der Waals surface area contributed by atoms with Crippen LogP contribution in [0, 0.1) is 0 Å². The molecule has 0 aliphatic heterocycles. The van der Waals surface area contributed by atoms with E-state index in [-0.39, 0.29) is 5.91 Å². The first-order valence-electron chi connectivity index (χ1n) is 9.30. The molecule has 0 fully saturated rings. The third-order valence-electron chi connectivity index (χ3n) is 4.69. The number of thiazole rings is 1. The first-order chi connectivity index (χ1) is 13.6.